The van der Waals surface area contributed by atoms with Gasteiger partial charge in [0.15, 0.2) is 5.65 Å². The van der Waals surface area contributed by atoms with Crippen LogP contribution >= 0.6 is 0 Å². The summed E-state index contributed by atoms with van der Waals surface area (Å²) in [4.78, 5) is 14.2. The Morgan fingerprint density at radius 1 is 0.947 bits per heavy atom. The molecule has 0 amide bonds. The van der Waals surface area contributed by atoms with E-state index in [-0.39, 0.29) is 17.6 Å². The van der Waals surface area contributed by atoms with Gasteiger partial charge in [0.1, 0.15) is 12.1 Å². The predicted molar refractivity (Wildman–Crippen MR) is 127 cm³/mol. The number of rotatable bonds is 5. The van der Waals surface area contributed by atoms with Crippen molar-refractivity contribution in [2.24, 2.45) is 0 Å². The zero-order chi connectivity index (χ0) is 26.3. The van der Waals surface area contributed by atoms with Crippen LogP contribution in [0.25, 0.3) is 11.3 Å². The lowest BCUT2D eigenvalue weighted by molar-refractivity contribution is -0.138. The smallest absolute Gasteiger partial charge is 0.350 e. The quantitative estimate of drug-likeness (QED) is 0.342. The number of benzene rings is 1. The first-order chi connectivity index (χ1) is 18.4. The number of anilines is 3. The van der Waals surface area contributed by atoms with Crippen LogP contribution in [0.4, 0.5) is 34.9 Å². The highest BCUT2D eigenvalue weighted by Gasteiger charge is 2.32. The summed E-state index contributed by atoms with van der Waals surface area (Å²) in [6, 6.07) is 6.31. The summed E-state index contributed by atoms with van der Waals surface area (Å²) in [5, 5.41) is 18.4. The number of tetrazole rings is 1. The Kier molecular flexibility index (Phi) is 5.81. The number of nitrogens with zero attached hydrogens (tertiary/aromatic N) is 10. The zero-order valence-electron chi connectivity index (χ0n) is 19.6. The van der Waals surface area contributed by atoms with Gasteiger partial charge in [-0.2, -0.15) is 18.3 Å². The largest absolute Gasteiger partial charge is 0.419 e. The Bertz CT molecular complexity index is 1560. The highest BCUT2D eigenvalue weighted by molar-refractivity contribution is 5.74. The van der Waals surface area contributed by atoms with E-state index < -0.39 is 17.6 Å². The van der Waals surface area contributed by atoms with E-state index in [1.807, 2.05) is 4.90 Å². The molecule has 0 bridgehead atoms. The van der Waals surface area contributed by atoms with E-state index in [4.69, 9.17) is 0 Å². The molecule has 1 aliphatic rings. The van der Waals surface area contributed by atoms with Crippen molar-refractivity contribution in [1.82, 2.24) is 44.8 Å². The molecule has 5 heterocycles. The second-order valence-electron chi connectivity index (χ2n) is 8.74. The molecule has 5 aromatic rings. The molecule has 0 unspecified atom stereocenters. The van der Waals surface area contributed by atoms with Crippen molar-refractivity contribution in [2.45, 2.75) is 24.9 Å². The van der Waals surface area contributed by atoms with Crippen molar-refractivity contribution in [3.05, 3.63) is 72.5 Å². The van der Waals surface area contributed by atoms with Gasteiger partial charge in [0.25, 0.3) is 0 Å². The first-order valence-corrected chi connectivity index (χ1v) is 11.6. The van der Waals surface area contributed by atoms with E-state index in [9.17, 15) is 17.6 Å². The Morgan fingerprint density at radius 3 is 2.42 bits per heavy atom. The molecule has 6 rings (SSSR count). The third-order valence-electron chi connectivity index (χ3n) is 6.43. The van der Waals surface area contributed by atoms with Gasteiger partial charge in [-0.05, 0) is 41.5 Å². The van der Waals surface area contributed by atoms with Gasteiger partial charge in [-0.1, -0.05) is 0 Å². The number of hydrogen-bond donors (Lipinski definition) is 1. The van der Waals surface area contributed by atoms with E-state index in [2.05, 4.69) is 40.9 Å². The normalized spacial score (nSPS) is 14.8. The molecule has 194 valence electrons. The first kappa shape index (κ1) is 23.7. The van der Waals surface area contributed by atoms with Crippen LogP contribution in [0.1, 0.15) is 30.0 Å². The number of piperidine rings is 1. The minimum Gasteiger partial charge on any atom is -0.350 e. The van der Waals surface area contributed by atoms with Crippen LogP contribution in [0.3, 0.4) is 0 Å². The molecule has 0 aliphatic carbocycles. The molecular weight excluding hydrogens is 506 g/mol. The van der Waals surface area contributed by atoms with E-state index in [1.54, 1.807) is 35.1 Å². The van der Waals surface area contributed by atoms with Crippen LogP contribution in [0.15, 0.2) is 55.4 Å². The summed E-state index contributed by atoms with van der Waals surface area (Å²) in [5.41, 5.74) is 1.88. The molecule has 1 aromatic carbocycles. The lowest BCUT2D eigenvalue weighted by Crippen LogP contribution is -2.34. The van der Waals surface area contributed by atoms with Gasteiger partial charge < -0.3 is 10.2 Å². The summed E-state index contributed by atoms with van der Waals surface area (Å²) in [6.45, 7) is 1.14. The van der Waals surface area contributed by atoms with Crippen LogP contribution in [0, 0.1) is 5.82 Å². The number of alkyl halides is 3. The van der Waals surface area contributed by atoms with Crippen molar-refractivity contribution in [2.75, 3.05) is 23.3 Å². The van der Waals surface area contributed by atoms with Crippen molar-refractivity contribution < 1.29 is 17.6 Å². The SMILES string of the molecule is Fc1cc(-n2cnnn2)ccc1Nc1ccnn2c(C3CCN(c4ncc(C(F)(F)F)cn4)CC3)cnc12. The van der Waals surface area contributed by atoms with E-state index in [1.165, 1.54) is 17.1 Å². The molecule has 0 spiro atoms. The van der Waals surface area contributed by atoms with Gasteiger partial charge >= 0.3 is 6.18 Å². The average molecular weight is 525 g/mol. The summed E-state index contributed by atoms with van der Waals surface area (Å²) in [7, 11) is 0. The third-order valence-corrected chi connectivity index (χ3v) is 6.43. The maximum Gasteiger partial charge on any atom is 0.419 e. The Labute approximate surface area is 212 Å². The highest BCUT2D eigenvalue weighted by Crippen LogP contribution is 2.33. The first-order valence-electron chi connectivity index (χ1n) is 11.6. The van der Waals surface area contributed by atoms with Crippen molar-refractivity contribution >= 4 is 23.0 Å². The summed E-state index contributed by atoms with van der Waals surface area (Å²) in [5.74, 6) is -0.101. The Hall–Kier alpha value is -4.69. The number of imidazole rings is 1. The number of halogens is 4. The molecule has 15 heteroatoms. The predicted octanol–water partition coefficient (Wildman–Crippen LogP) is 3.78. The number of fused-ring (bicyclic) bond motifs is 1. The maximum absolute atomic E-state index is 14.8. The average Bonchev–Trinajstić information content (AvgIpc) is 3.61. The Morgan fingerprint density at radius 2 is 1.74 bits per heavy atom. The van der Waals surface area contributed by atoms with Crippen molar-refractivity contribution in [3.63, 3.8) is 0 Å². The highest BCUT2D eigenvalue weighted by atomic mass is 19.4. The molecule has 1 N–H and O–H groups in total. The topological polar surface area (TPSA) is 115 Å². The molecular formula is C23H19F4N11. The van der Waals surface area contributed by atoms with Crippen LogP contribution in [-0.2, 0) is 6.18 Å². The molecule has 0 atom stereocenters. The van der Waals surface area contributed by atoms with Gasteiger partial charge in [0.05, 0.1) is 40.7 Å². The van der Waals surface area contributed by atoms with E-state index in [0.717, 1.165) is 18.1 Å². The van der Waals surface area contributed by atoms with Gasteiger partial charge in [0.2, 0.25) is 5.95 Å². The summed E-state index contributed by atoms with van der Waals surface area (Å²) < 4.78 is 56.3. The van der Waals surface area contributed by atoms with Gasteiger partial charge in [0, 0.05) is 37.5 Å². The fourth-order valence-corrected chi connectivity index (χ4v) is 4.47. The van der Waals surface area contributed by atoms with Crippen LogP contribution in [0.2, 0.25) is 0 Å². The van der Waals surface area contributed by atoms with Crippen molar-refractivity contribution in [1.29, 1.82) is 0 Å². The number of nitrogens with one attached hydrogen (secondary N) is 1. The molecule has 4 aromatic heterocycles. The van der Waals surface area contributed by atoms with E-state index in [0.29, 0.717) is 43.0 Å². The minimum absolute atomic E-state index is 0.116. The summed E-state index contributed by atoms with van der Waals surface area (Å²) >= 11 is 0. The Balaban J connectivity index is 1.17. The van der Waals surface area contributed by atoms with Crippen LogP contribution in [-0.4, -0.2) is 57.9 Å². The molecule has 0 radical (unpaired) electrons. The minimum atomic E-state index is -4.47. The second kappa shape index (κ2) is 9.32. The van der Waals surface area contributed by atoms with Crippen LogP contribution < -0.4 is 10.2 Å². The molecule has 1 aliphatic heterocycles. The maximum atomic E-state index is 14.8. The fourth-order valence-electron chi connectivity index (χ4n) is 4.47. The lowest BCUT2D eigenvalue weighted by atomic mass is 9.94. The zero-order valence-corrected chi connectivity index (χ0v) is 19.6. The molecule has 38 heavy (non-hydrogen) atoms. The van der Waals surface area contributed by atoms with Crippen molar-refractivity contribution in [3.8, 4) is 5.69 Å². The van der Waals surface area contributed by atoms with E-state index >= 15 is 0 Å². The second-order valence-corrected chi connectivity index (χ2v) is 8.74. The molecule has 1 fully saturated rings. The fraction of sp³-hybridized carbons (Fsp3) is 0.261. The van der Waals surface area contributed by atoms with Crippen LogP contribution in [0.5, 0.6) is 0 Å². The molecule has 11 nitrogen and oxygen atoms in total. The van der Waals surface area contributed by atoms with Gasteiger partial charge in [-0.15, -0.1) is 5.10 Å². The number of hydrogen-bond acceptors (Lipinski definition) is 9. The third kappa shape index (κ3) is 4.46. The molecule has 1 saturated heterocycles. The standard InChI is InChI=1S/C23H19F4N11/c24-17-9-16(37-13-31-34-35-37)1-2-18(17)33-19-3-6-32-38-20(12-28-21(19)38)14-4-7-36(8-5-14)22-29-10-15(11-30-22)23(25,26)27/h1-3,6,9-14,33H,4-5,7-8H2. The molecule has 0 saturated carbocycles. The summed E-state index contributed by atoms with van der Waals surface area (Å²) in [6.07, 6.45) is 3.30. The van der Waals surface area contributed by atoms with Gasteiger partial charge in [-0.25, -0.2) is 28.5 Å². The number of aromatic nitrogens is 9. The lowest BCUT2D eigenvalue weighted by Gasteiger charge is -2.31. The monoisotopic (exact) mass is 525 g/mol. The van der Waals surface area contributed by atoms with Gasteiger partial charge in [-0.3, -0.25) is 0 Å².